The van der Waals surface area contributed by atoms with Crippen LogP contribution < -0.4 is 4.74 Å². The second kappa shape index (κ2) is 4.79. The van der Waals surface area contributed by atoms with Gasteiger partial charge in [0.2, 0.25) is 0 Å². The van der Waals surface area contributed by atoms with E-state index in [0.29, 0.717) is 12.1 Å². The number of aromatic hydroxyl groups is 1. The van der Waals surface area contributed by atoms with Gasteiger partial charge in [-0.15, -0.1) is 0 Å². The summed E-state index contributed by atoms with van der Waals surface area (Å²) in [4.78, 5) is 7.97. The van der Waals surface area contributed by atoms with Crippen LogP contribution in [0.4, 0.5) is 0 Å². The third-order valence-corrected chi connectivity index (χ3v) is 2.37. The molecule has 0 atom stereocenters. The minimum absolute atomic E-state index is 0.153. The maximum absolute atomic E-state index is 9.62. The first-order valence-electron chi connectivity index (χ1n) is 5.37. The molecule has 0 aliphatic rings. The van der Waals surface area contributed by atoms with Gasteiger partial charge >= 0.3 is 0 Å². The van der Waals surface area contributed by atoms with Crippen molar-refractivity contribution in [2.24, 2.45) is 0 Å². The molecular weight excluding hydrogens is 204 g/mol. The van der Waals surface area contributed by atoms with Crippen LogP contribution >= 0.6 is 0 Å². The summed E-state index contributed by atoms with van der Waals surface area (Å²) in [6, 6.07) is 3.34. The largest absolute Gasteiger partial charge is 0.506 e. The van der Waals surface area contributed by atoms with Crippen LogP contribution in [0, 0.1) is 0 Å². The highest BCUT2D eigenvalue weighted by molar-refractivity contribution is 5.88. The number of unbranched alkanes of at least 4 members (excludes halogenated alkanes) is 1. The Kier molecular flexibility index (Phi) is 3.19. The Morgan fingerprint density at radius 2 is 2.25 bits per heavy atom. The van der Waals surface area contributed by atoms with Gasteiger partial charge in [0, 0.05) is 6.20 Å². The van der Waals surface area contributed by atoms with E-state index in [0.717, 1.165) is 24.0 Å². The Balaban J connectivity index is 2.35. The Morgan fingerprint density at radius 3 is 3.06 bits per heavy atom. The fraction of sp³-hybridized carbons (Fsp3) is 0.333. The topological polar surface area (TPSA) is 55.2 Å². The van der Waals surface area contributed by atoms with Gasteiger partial charge in [-0.25, -0.2) is 9.97 Å². The number of hydrogen-bond donors (Lipinski definition) is 1. The Labute approximate surface area is 93.9 Å². The van der Waals surface area contributed by atoms with Crippen molar-refractivity contribution >= 4 is 10.9 Å². The summed E-state index contributed by atoms with van der Waals surface area (Å²) < 4.78 is 5.62. The van der Waals surface area contributed by atoms with Crippen LogP contribution in [0.15, 0.2) is 24.7 Å². The van der Waals surface area contributed by atoms with Gasteiger partial charge in [0.15, 0.2) is 0 Å². The van der Waals surface area contributed by atoms with Crippen molar-refractivity contribution in [3.05, 3.63) is 24.7 Å². The van der Waals surface area contributed by atoms with Crippen LogP contribution in [-0.2, 0) is 0 Å². The highest BCUT2D eigenvalue weighted by atomic mass is 16.5. The molecule has 1 N–H and O–H groups in total. The van der Waals surface area contributed by atoms with Crippen LogP contribution in [0.2, 0.25) is 0 Å². The molecule has 2 aromatic rings. The fourth-order valence-corrected chi connectivity index (χ4v) is 1.49. The van der Waals surface area contributed by atoms with Crippen LogP contribution in [0.3, 0.4) is 0 Å². The smallest absolute Gasteiger partial charge is 0.142 e. The van der Waals surface area contributed by atoms with Crippen molar-refractivity contribution in [2.45, 2.75) is 19.8 Å². The first-order chi connectivity index (χ1) is 7.83. The molecule has 0 bridgehead atoms. The molecule has 4 heteroatoms. The molecule has 0 saturated heterocycles. The lowest BCUT2D eigenvalue weighted by molar-refractivity contribution is 0.312. The highest BCUT2D eigenvalue weighted by Crippen LogP contribution is 2.29. The van der Waals surface area contributed by atoms with Gasteiger partial charge in [0.25, 0.3) is 0 Å². The first-order valence-corrected chi connectivity index (χ1v) is 5.37. The summed E-state index contributed by atoms with van der Waals surface area (Å²) in [7, 11) is 0. The number of hydrogen-bond acceptors (Lipinski definition) is 4. The van der Waals surface area contributed by atoms with Gasteiger partial charge in [0.1, 0.15) is 23.3 Å². The van der Waals surface area contributed by atoms with Crippen LogP contribution in [0.5, 0.6) is 11.5 Å². The quantitative estimate of drug-likeness (QED) is 0.801. The number of ether oxygens (including phenoxy) is 1. The predicted molar refractivity (Wildman–Crippen MR) is 61.6 cm³/mol. The van der Waals surface area contributed by atoms with E-state index in [4.69, 9.17) is 4.74 Å². The average Bonchev–Trinajstić information content (AvgIpc) is 2.33. The second-order valence-corrected chi connectivity index (χ2v) is 3.57. The molecule has 1 aromatic heterocycles. The molecule has 0 fully saturated rings. The zero-order valence-corrected chi connectivity index (χ0v) is 9.18. The lowest BCUT2D eigenvalue weighted by Gasteiger charge is -2.08. The van der Waals surface area contributed by atoms with Gasteiger partial charge in [-0.3, -0.25) is 0 Å². The normalized spacial score (nSPS) is 10.6. The van der Waals surface area contributed by atoms with E-state index in [1.807, 2.05) is 0 Å². The van der Waals surface area contributed by atoms with Gasteiger partial charge in [-0.1, -0.05) is 13.3 Å². The monoisotopic (exact) mass is 218 g/mol. The van der Waals surface area contributed by atoms with Crippen molar-refractivity contribution in [1.29, 1.82) is 0 Å². The molecule has 2 rings (SSSR count). The molecule has 1 aromatic carbocycles. The van der Waals surface area contributed by atoms with E-state index in [9.17, 15) is 5.11 Å². The van der Waals surface area contributed by atoms with E-state index >= 15 is 0 Å². The highest BCUT2D eigenvalue weighted by Gasteiger charge is 2.06. The third-order valence-electron chi connectivity index (χ3n) is 2.37. The number of rotatable bonds is 4. The number of phenolic OH excluding ortho intramolecular Hbond substituents is 1. The lowest BCUT2D eigenvalue weighted by Crippen LogP contribution is -1.97. The van der Waals surface area contributed by atoms with E-state index in [1.165, 1.54) is 6.33 Å². The maximum Gasteiger partial charge on any atom is 0.142 e. The minimum atomic E-state index is 0.153. The Bertz CT molecular complexity index is 485. The summed E-state index contributed by atoms with van der Waals surface area (Å²) in [5, 5.41) is 10.4. The van der Waals surface area contributed by atoms with Crippen molar-refractivity contribution < 1.29 is 9.84 Å². The molecule has 0 spiro atoms. The standard InChI is InChI=1S/C12H14N2O2/c1-2-3-6-16-11-5-4-10(15)12-9(11)7-13-8-14-12/h4-5,7-8,15H,2-3,6H2,1H3. The maximum atomic E-state index is 9.62. The fourth-order valence-electron chi connectivity index (χ4n) is 1.49. The number of phenols is 1. The number of benzene rings is 1. The summed E-state index contributed by atoms with van der Waals surface area (Å²) in [5.74, 6) is 0.877. The number of fused-ring (bicyclic) bond motifs is 1. The summed E-state index contributed by atoms with van der Waals surface area (Å²) in [5.41, 5.74) is 0.531. The molecule has 4 nitrogen and oxygen atoms in total. The number of aromatic nitrogens is 2. The van der Waals surface area contributed by atoms with Gasteiger partial charge in [-0.2, -0.15) is 0 Å². The van der Waals surface area contributed by atoms with Crippen LogP contribution in [0.25, 0.3) is 10.9 Å². The molecule has 0 saturated carbocycles. The summed E-state index contributed by atoms with van der Waals surface area (Å²) in [6.45, 7) is 2.78. The lowest BCUT2D eigenvalue weighted by atomic mass is 10.2. The van der Waals surface area contributed by atoms with E-state index in [1.54, 1.807) is 18.3 Å². The zero-order chi connectivity index (χ0) is 11.4. The van der Waals surface area contributed by atoms with E-state index in [2.05, 4.69) is 16.9 Å². The first kappa shape index (κ1) is 10.7. The van der Waals surface area contributed by atoms with Gasteiger partial charge in [0.05, 0.1) is 12.0 Å². The predicted octanol–water partition coefficient (Wildman–Crippen LogP) is 2.51. The van der Waals surface area contributed by atoms with Crippen molar-refractivity contribution in [1.82, 2.24) is 9.97 Å². The molecule has 0 aliphatic carbocycles. The van der Waals surface area contributed by atoms with E-state index in [-0.39, 0.29) is 5.75 Å². The van der Waals surface area contributed by atoms with Crippen molar-refractivity contribution in [3.8, 4) is 11.5 Å². The molecular formula is C12H14N2O2. The summed E-state index contributed by atoms with van der Waals surface area (Å²) in [6.07, 6.45) is 5.17. The Hall–Kier alpha value is -1.84. The SMILES string of the molecule is CCCCOc1ccc(O)c2ncncc12. The van der Waals surface area contributed by atoms with Crippen LogP contribution in [-0.4, -0.2) is 21.7 Å². The minimum Gasteiger partial charge on any atom is -0.506 e. The Morgan fingerprint density at radius 1 is 1.38 bits per heavy atom. The molecule has 0 radical (unpaired) electrons. The molecule has 0 amide bonds. The number of nitrogens with zero attached hydrogens (tertiary/aromatic N) is 2. The summed E-state index contributed by atoms with van der Waals surface area (Å²) >= 11 is 0. The van der Waals surface area contributed by atoms with Gasteiger partial charge < -0.3 is 9.84 Å². The molecule has 0 aliphatic heterocycles. The molecule has 16 heavy (non-hydrogen) atoms. The third kappa shape index (κ3) is 2.05. The van der Waals surface area contributed by atoms with Crippen LogP contribution in [0.1, 0.15) is 19.8 Å². The van der Waals surface area contributed by atoms with E-state index < -0.39 is 0 Å². The second-order valence-electron chi connectivity index (χ2n) is 3.57. The molecule has 1 heterocycles. The molecule has 84 valence electrons. The zero-order valence-electron chi connectivity index (χ0n) is 9.18. The molecule has 0 unspecified atom stereocenters. The van der Waals surface area contributed by atoms with Crippen molar-refractivity contribution in [3.63, 3.8) is 0 Å². The van der Waals surface area contributed by atoms with Crippen molar-refractivity contribution in [2.75, 3.05) is 6.61 Å². The van der Waals surface area contributed by atoms with Gasteiger partial charge in [-0.05, 0) is 18.6 Å². The average molecular weight is 218 g/mol.